The predicted octanol–water partition coefficient (Wildman–Crippen LogP) is 3.17. The molecule has 3 heteroatoms. The second kappa shape index (κ2) is 6.38. The molecule has 1 rings (SSSR count). The fourth-order valence-corrected chi connectivity index (χ4v) is 2.24. The van der Waals surface area contributed by atoms with Gasteiger partial charge in [0, 0.05) is 10.4 Å². The Labute approximate surface area is 106 Å². The van der Waals surface area contributed by atoms with Crippen LogP contribution in [0.15, 0.2) is 22.7 Å². The van der Waals surface area contributed by atoms with Crippen molar-refractivity contribution >= 4 is 15.9 Å². The number of benzene rings is 1. The van der Waals surface area contributed by atoms with Crippen LogP contribution in [0.25, 0.3) is 0 Å². The van der Waals surface area contributed by atoms with Gasteiger partial charge in [0.25, 0.3) is 0 Å². The van der Waals surface area contributed by atoms with Crippen molar-refractivity contribution in [1.29, 1.82) is 0 Å². The third-order valence-electron chi connectivity index (χ3n) is 2.95. The fourth-order valence-electron chi connectivity index (χ4n) is 1.84. The number of halogens is 1. The molecule has 0 radical (unpaired) electrons. The molecule has 2 unspecified atom stereocenters. The summed E-state index contributed by atoms with van der Waals surface area (Å²) >= 11 is 3.48. The number of aliphatic hydroxyl groups excluding tert-OH is 1. The highest BCUT2D eigenvalue weighted by Crippen LogP contribution is 2.28. The molecule has 1 aromatic rings. The Hall–Kier alpha value is -0.380. The van der Waals surface area contributed by atoms with Gasteiger partial charge in [-0.2, -0.15) is 0 Å². The van der Waals surface area contributed by atoms with Crippen molar-refractivity contribution in [3.63, 3.8) is 0 Å². The maximum atomic E-state index is 10.2. The summed E-state index contributed by atoms with van der Waals surface area (Å²) in [6, 6.07) is 5.98. The molecule has 3 N–H and O–H groups in total. The lowest BCUT2D eigenvalue weighted by Gasteiger charge is -2.21. The summed E-state index contributed by atoms with van der Waals surface area (Å²) in [6.45, 7) is 4.67. The van der Waals surface area contributed by atoms with E-state index in [9.17, 15) is 5.11 Å². The highest BCUT2D eigenvalue weighted by atomic mass is 79.9. The average Bonchev–Trinajstić information content (AvgIpc) is 2.28. The maximum Gasteiger partial charge on any atom is 0.0830 e. The second-order valence-corrected chi connectivity index (χ2v) is 5.09. The molecule has 0 aliphatic carbocycles. The van der Waals surface area contributed by atoms with E-state index in [-0.39, 0.29) is 5.92 Å². The first kappa shape index (κ1) is 13.7. The van der Waals surface area contributed by atoms with Crippen LogP contribution >= 0.6 is 15.9 Å². The second-order valence-electron chi connectivity index (χ2n) is 4.24. The van der Waals surface area contributed by atoms with Gasteiger partial charge in [-0.15, -0.1) is 0 Å². The summed E-state index contributed by atoms with van der Waals surface area (Å²) in [7, 11) is 0. The Morgan fingerprint density at radius 2 is 2.12 bits per heavy atom. The van der Waals surface area contributed by atoms with Crippen LogP contribution in [0.2, 0.25) is 0 Å². The van der Waals surface area contributed by atoms with E-state index >= 15 is 0 Å². The van der Waals surface area contributed by atoms with Gasteiger partial charge in [0.1, 0.15) is 0 Å². The molecule has 2 nitrogen and oxygen atoms in total. The first-order valence-electron chi connectivity index (χ1n) is 5.74. The zero-order valence-corrected chi connectivity index (χ0v) is 11.5. The van der Waals surface area contributed by atoms with Crippen LogP contribution in [-0.2, 0) is 0 Å². The van der Waals surface area contributed by atoms with Crippen LogP contribution < -0.4 is 5.73 Å². The molecule has 0 spiro atoms. The lowest BCUT2D eigenvalue weighted by atomic mass is 9.91. The molecule has 0 aromatic heterocycles. The number of aliphatic hydroxyl groups is 1. The molecule has 0 saturated heterocycles. The van der Waals surface area contributed by atoms with E-state index in [0.29, 0.717) is 6.54 Å². The SMILES string of the molecule is CCCC(CN)C(O)c1ccc(C)c(Br)c1. The Morgan fingerprint density at radius 3 is 2.62 bits per heavy atom. The lowest BCUT2D eigenvalue weighted by molar-refractivity contribution is 0.106. The van der Waals surface area contributed by atoms with E-state index in [2.05, 4.69) is 22.9 Å². The molecule has 0 aliphatic rings. The number of hydrogen-bond donors (Lipinski definition) is 2. The molecule has 90 valence electrons. The van der Waals surface area contributed by atoms with Crippen LogP contribution in [-0.4, -0.2) is 11.7 Å². The number of nitrogens with two attached hydrogens (primary N) is 1. The van der Waals surface area contributed by atoms with E-state index in [1.807, 2.05) is 25.1 Å². The van der Waals surface area contributed by atoms with Gasteiger partial charge in [-0.25, -0.2) is 0 Å². The number of rotatable bonds is 5. The van der Waals surface area contributed by atoms with E-state index in [4.69, 9.17) is 5.73 Å². The van der Waals surface area contributed by atoms with Crippen LogP contribution in [0.5, 0.6) is 0 Å². The molecule has 16 heavy (non-hydrogen) atoms. The van der Waals surface area contributed by atoms with Gasteiger partial charge in [0.2, 0.25) is 0 Å². The normalized spacial score (nSPS) is 14.8. The Balaban J connectivity index is 2.85. The third kappa shape index (κ3) is 3.30. The quantitative estimate of drug-likeness (QED) is 0.873. The van der Waals surface area contributed by atoms with E-state index in [1.54, 1.807) is 0 Å². The van der Waals surface area contributed by atoms with Gasteiger partial charge in [-0.3, -0.25) is 0 Å². The first-order chi connectivity index (χ1) is 7.60. The Kier molecular flexibility index (Phi) is 5.46. The molecule has 2 atom stereocenters. The van der Waals surface area contributed by atoms with Crippen LogP contribution in [0.3, 0.4) is 0 Å². The van der Waals surface area contributed by atoms with Crippen molar-refractivity contribution in [2.24, 2.45) is 11.7 Å². The highest BCUT2D eigenvalue weighted by molar-refractivity contribution is 9.10. The van der Waals surface area contributed by atoms with Crippen LogP contribution in [0, 0.1) is 12.8 Å². The molecule has 0 heterocycles. The smallest absolute Gasteiger partial charge is 0.0830 e. The van der Waals surface area contributed by atoms with E-state index < -0.39 is 6.10 Å². The van der Waals surface area contributed by atoms with Crippen molar-refractivity contribution in [3.05, 3.63) is 33.8 Å². The zero-order valence-electron chi connectivity index (χ0n) is 9.91. The molecule has 0 aliphatic heterocycles. The van der Waals surface area contributed by atoms with Crippen molar-refractivity contribution in [3.8, 4) is 0 Å². The topological polar surface area (TPSA) is 46.2 Å². The van der Waals surface area contributed by atoms with Gasteiger partial charge >= 0.3 is 0 Å². The van der Waals surface area contributed by atoms with Crippen molar-refractivity contribution in [2.45, 2.75) is 32.8 Å². The van der Waals surface area contributed by atoms with Crippen molar-refractivity contribution < 1.29 is 5.11 Å². The molecule has 1 aromatic carbocycles. The minimum Gasteiger partial charge on any atom is -0.388 e. The molecule has 0 fully saturated rings. The summed E-state index contributed by atoms with van der Waals surface area (Å²) in [6.07, 6.45) is 1.55. The summed E-state index contributed by atoms with van der Waals surface area (Å²) in [5.41, 5.74) is 7.82. The van der Waals surface area contributed by atoms with Gasteiger partial charge in [0.05, 0.1) is 6.10 Å². The number of hydrogen-bond acceptors (Lipinski definition) is 2. The van der Waals surface area contributed by atoms with E-state index in [0.717, 1.165) is 22.9 Å². The summed E-state index contributed by atoms with van der Waals surface area (Å²) in [4.78, 5) is 0. The number of aryl methyl sites for hydroxylation is 1. The van der Waals surface area contributed by atoms with Gasteiger partial charge in [-0.05, 0) is 37.1 Å². The standard InChI is InChI=1S/C13H20BrNO/c1-3-4-11(8-15)13(16)10-6-5-9(2)12(14)7-10/h5-7,11,13,16H,3-4,8,15H2,1-2H3. The molecular formula is C13H20BrNO. The monoisotopic (exact) mass is 285 g/mol. The largest absolute Gasteiger partial charge is 0.388 e. The zero-order chi connectivity index (χ0) is 12.1. The van der Waals surface area contributed by atoms with Crippen molar-refractivity contribution in [2.75, 3.05) is 6.54 Å². The summed E-state index contributed by atoms with van der Waals surface area (Å²) in [5, 5.41) is 10.2. The maximum absolute atomic E-state index is 10.2. The van der Waals surface area contributed by atoms with Gasteiger partial charge < -0.3 is 10.8 Å². The van der Waals surface area contributed by atoms with Crippen LogP contribution in [0.4, 0.5) is 0 Å². The van der Waals surface area contributed by atoms with Gasteiger partial charge in [-0.1, -0.05) is 41.4 Å². The molecule has 0 bridgehead atoms. The minimum atomic E-state index is -0.457. The van der Waals surface area contributed by atoms with Crippen LogP contribution in [0.1, 0.15) is 37.0 Å². The molecular weight excluding hydrogens is 266 g/mol. The third-order valence-corrected chi connectivity index (χ3v) is 3.80. The minimum absolute atomic E-state index is 0.152. The molecule has 0 saturated carbocycles. The average molecular weight is 286 g/mol. The Morgan fingerprint density at radius 1 is 1.44 bits per heavy atom. The fraction of sp³-hybridized carbons (Fsp3) is 0.538. The predicted molar refractivity (Wildman–Crippen MR) is 71.3 cm³/mol. The molecule has 0 amide bonds. The van der Waals surface area contributed by atoms with E-state index in [1.165, 1.54) is 5.56 Å². The lowest BCUT2D eigenvalue weighted by Crippen LogP contribution is -2.21. The van der Waals surface area contributed by atoms with Gasteiger partial charge in [0.15, 0.2) is 0 Å². The summed E-state index contributed by atoms with van der Waals surface area (Å²) < 4.78 is 1.04. The first-order valence-corrected chi connectivity index (χ1v) is 6.53. The highest BCUT2D eigenvalue weighted by Gasteiger charge is 2.19. The van der Waals surface area contributed by atoms with Crippen molar-refractivity contribution in [1.82, 2.24) is 0 Å². The summed E-state index contributed by atoms with van der Waals surface area (Å²) in [5.74, 6) is 0.152. The Bertz CT molecular complexity index is 341.